The van der Waals surface area contributed by atoms with Crippen LogP contribution in [0.4, 0.5) is 5.95 Å². The third kappa shape index (κ3) is 6.09. The first-order chi connectivity index (χ1) is 22.3. The summed E-state index contributed by atoms with van der Waals surface area (Å²) in [5.74, 6) is 2.16. The smallest absolute Gasteiger partial charge is 0.280 e. The molecule has 3 aromatic carbocycles. The van der Waals surface area contributed by atoms with Crippen LogP contribution in [0, 0.1) is 5.92 Å². The van der Waals surface area contributed by atoms with Crippen LogP contribution in [0.5, 0.6) is 11.5 Å². The van der Waals surface area contributed by atoms with Crippen molar-refractivity contribution in [1.29, 1.82) is 0 Å². The standard InChI is InChI=1S/C35H39N5O6/c1-22(2)19-36-34-38-32-31(33(42)39-34)37-21-40(32)30-18-28(41)29(46-30)20-45-35(23-8-6-5-7-9-23,24-10-14-26(43-3)15-11-24)25-12-16-27(44-4)17-13-25/h5-17,21-22,28-30,41H,18-20H2,1-4H3,(H2,36,38,39,42)/t28-,29+,30+/m0/s1. The highest BCUT2D eigenvalue weighted by atomic mass is 16.6. The van der Waals surface area contributed by atoms with Crippen LogP contribution in [-0.2, 0) is 15.1 Å². The lowest BCUT2D eigenvalue weighted by Gasteiger charge is -2.37. The number of hydrogen-bond acceptors (Lipinski definition) is 9. The molecule has 0 aliphatic carbocycles. The topological polar surface area (TPSA) is 133 Å². The molecule has 1 aliphatic rings. The van der Waals surface area contributed by atoms with Gasteiger partial charge in [-0.1, -0.05) is 68.4 Å². The van der Waals surface area contributed by atoms with Gasteiger partial charge in [-0.05, 0) is 46.9 Å². The molecule has 1 fully saturated rings. The van der Waals surface area contributed by atoms with Crippen LogP contribution >= 0.6 is 0 Å². The van der Waals surface area contributed by atoms with Crippen molar-refractivity contribution in [3.05, 3.63) is 112 Å². The Hall–Kier alpha value is -4.71. The minimum absolute atomic E-state index is 0.0620. The Morgan fingerprint density at radius 3 is 2.17 bits per heavy atom. The summed E-state index contributed by atoms with van der Waals surface area (Å²) in [6.07, 6.45) is -0.325. The van der Waals surface area contributed by atoms with Crippen molar-refractivity contribution in [3.8, 4) is 11.5 Å². The van der Waals surface area contributed by atoms with Gasteiger partial charge in [0.1, 0.15) is 29.4 Å². The molecule has 240 valence electrons. The molecule has 0 amide bonds. The number of fused-ring (bicyclic) bond motifs is 1. The van der Waals surface area contributed by atoms with E-state index >= 15 is 0 Å². The van der Waals surface area contributed by atoms with E-state index in [1.165, 1.54) is 6.33 Å². The van der Waals surface area contributed by atoms with Gasteiger partial charge in [-0.3, -0.25) is 14.3 Å². The molecule has 1 saturated heterocycles. The summed E-state index contributed by atoms with van der Waals surface area (Å²) < 4.78 is 26.0. The SMILES string of the molecule is COc1ccc(C(OC[C@H]2O[C@@H](n3cnc4c(=O)[nH]c(NCC(C)C)nc43)C[C@@H]2O)(c2ccccc2)c2ccc(OC)cc2)cc1. The van der Waals surface area contributed by atoms with Crippen LogP contribution in [0.25, 0.3) is 11.2 Å². The molecular formula is C35H39N5O6. The van der Waals surface area contributed by atoms with Gasteiger partial charge in [0.25, 0.3) is 5.56 Å². The Morgan fingerprint density at radius 1 is 0.978 bits per heavy atom. The molecule has 46 heavy (non-hydrogen) atoms. The molecule has 3 atom stereocenters. The normalized spacial score (nSPS) is 18.3. The molecule has 1 aliphatic heterocycles. The molecule has 5 aromatic rings. The zero-order valence-electron chi connectivity index (χ0n) is 26.3. The highest BCUT2D eigenvalue weighted by molar-refractivity contribution is 5.71. The van der Waals surface area contributed by atoms with E-state index in [-0.39, 0.29) is 24.1 Å². The first-order valence-corrected chi connectivity index (χ1v) is 15.3. The Labute approximate surface area is 267 Å². The van der Waals surface area contributed by atoms with Crippen LogP contribution in [0.1, 0.15) is 43.2 Å². The molecule has 0 spiro atoms. The number of aromatic nitrogens is 4. The Balaban J connectivity index is 1.33. The van der Waals surface area contributed by atoms with E-state index in [4.69, 9.17) is 18.9 Å². The number of nitrogens with zero attached hydrogens (tertiary/aromatic N) is 3. The van der Waals surface area contributed by atoms with Gasteiger partial charge in [0.2, 0.25) is 5.95 Å². The van der Waals surface area contributed by atoms with Gasteiger partial charge in [0.05, 0.1) is 33.3 Å². The first-order valence-electron chi connectivity index (χ1n) is 15.3. The van der Waals surface area contributed by atoms with E-state index in [1.807, 2.05) is 78.9 Å². The third-order valence-electron chi connectivity index (χ3n) is 8.26. The number of aromatic amines is 1. The number of nitrogens with one attached hydrogen (secondary N) is 2. The molecule has 0 saturated carbocycles. The number of anilines is 1. The lowest BCUT2D eigenvalue weighted by molar-refractivity contribution is -0.0931. The van der Waals surface area contributed by atoms with Gasteiger partial charge in [-0.2, -0.15) is 4.98 Å². The summed E-state index contributed by atoms with van der Waals surface area (Å²) in [6, 6.07) is 25.5. The van der Waals surface area contributed by atoms with E-state index in [0.717, 1.165) is 28.2 Å². The lowest BCUT2D eigenvalue weighted by Crippen LogP contribution is -2.38. The van der Waals surface area contributed by atoms with Gasteiger partial charge in [0, 0.05) is 13.0 Å². The fourth-order valence-electron chi connectivity index (χ4n) is 5.84. The number of ether oxygens (including phenoxy) is 4. The fraction of sp³-hybridized carbons (Fsp3) is 0.343. The lowest BCUT2D eigenvalue weighted by atomic mass is 9.80. The molecule has 0 radical (unpaired) electrons. The predicted molar refractivity (Wildman–Crippen MR) is 174 cm³/mol. The zero-order chi connectivity index (χ0) is 32.3. The molecule has 2 aromatic heterocycles. The number of imidazole rings is 1. The van der Waals surface area contributed by atoms with Crippen molar-refractivity contribution in [1.82, 2.24) is 19.5 Å². The maximum absolute atomic E-state index is 12.8. The van der Waals surface area contributed by atoms with Crippen LogP contribution < -0.4 is 20.3 Å². The Kier molecular flexibility index (Phi) is 9.07. The molecule has 3 N–H and O–H groups in total. The Morgan fingerprint density at radius 2 is 1.59 bits per heavy atom. The number of rotatable bonds is 12. The van der Waals surface area contributed by atoms with Gasteiger partial charge in [-0.15, -0.1) is 0 Å². The maximum Gasteiger partial charge on any atom is 0.280 e. The van der Waals surface area contributed by atoms with E-state index in [1.54, 1.807) is 18.8 Å². The zero-order valence-corrected chi connectivity index (χ0v) is 26.3. The summed E-state index contributed by atoms with van der Waals surface area (Å²) in [6.45, 7) is 4.85. The Bertz CT molecular complexity index is 1760. The van der Waals surface area contributed by atoms with Crippen LogP contribution in [0.3, 0.4) is 0 Å². The quantitative estimate of drug-likeness (QED) is 0.166. The molecule has 11 nitrogen and oxygen atoms in total. The second-order valence-corrected chi connectivity index (χ2v) is 11.8. The molecule has 11 heteroatoms. The number of aliphatic hydroxyl groups excluding tert-OH is 1. The van der Waals surface area contributed by atoms with Gasteiger partial charge >= 0.3 is 0 Å². The highest BCUT2D eigenvalue weighted by Gasteiger charge is 2.42. The van der Waals surface area contributed by atoms with Crippen LogP contribution in [-0.4, -0.2) is 64.2 Å². The average Bonchev–Trinajstić information content (AvgIpc) is 3.68. The van der Waals surface area contributed by atoms with Gasteiger partial charge in [-0.25, -0.2) is 4.98 Å². The minimum atomic E-state index is -1.06. The number of hydrogen-bond donors (Lipinski definition) is 3. The van der Waals surface area contributed by atoms with E-state index in [9.17, 15) is 9.90 Å². The fourth-order valence-corrected chi connectivity index (χ4v) is 5.84. The number of benzene rings is 3. The highest BCUT2D eigenvalue weighted by Crippen LogP contribution is 2.43. The summed E-state index contributed by atoms with van der Waals surface area (Å²) >= 11 is 0. The molecule has 3 heterocycles. The van der Waals surface area contributed by atoms with Gasteiger partial charge in [0.15, 0.2) is 11.2 Å². The third-order valence-corrected chi connectivity index (χ3v) is 8.26. The van der Waals surface area contributed by atoms with Crippen molar-refractivity contribution in [2.45, 2.75) is 44.3 Å². The van der Waals surface area contributed by atoms with Crippen molar-refractivity contribution < 1.29 is 24.1 Å². The second-order valence-electron chi connectivity index (χ2n) is 11.8. The predicted octanol–water partition coefficient (Wildman–Crippen LogP) is 4.86. The van der Waals surface area contributed by atoms with Gasteiger partial charge < -0.3 is 29.4 Å². The maximum atomic E-state index is 12.8. The molecule has 6 rings (SSSR count). The number of H-pyrrole nitrogens is 1. The monoisotopic (exact) mass is 625 g/mol. The second kappa shape index (κ2) is 13.3. The number of methoxy groups -OCH3 is 2. The summed E-state index contributed by atoms with van der Waals surface area (Å²) in [7, 11) is 3.26. The van der Waals surface area contributed by atoms with Crippen molar-refractivity contribution in [2.24, 2.45) is 5.92 Å². The molecule has 0 unspecified atom stereocenters. The van der Waals surface area contributed by atoms with Crippen LogP contribution in [0.15, 0.2) is 90.0 Å². The largest absolute Gasteiger partial charge is 0.497 e. The van der Waals surface area contributed by atoms with Crippen molar-refractivity contribution in [3.63, 3.8) is 0 Å². The van der Waals surface area contributed by atoms with E-state index in [0.29, 0.717) is 24.1 Å². The number of aliphatic hydroxyl groups is 1. The summed E-state index contributed by atoms with van der Waals surface area (Å²) in [4.78, 5) is 24.4. The van der Waals surface area contributed by atoms with Crippen molar-refractivity contribution >= 4 is 17.1 Å². The van der Waals surface area contributed by atoms with E-state index in [2.05, 4.69) is 34.1 Å². The summed E-state index contributed by atoms with van der Waals surface area (Å²) in [5, 5.41) is 14.4. The van der Waals surface area contributed by atoms with Crippen molar-refractivity contribution in [2.75, 3.05) is 32.7 Å². The van der Waals surface area contributed by atoms with E-state index < -0.39 is 24.0 Å². The minimum Gasteiger partial charge on any atom is -0.497 e. The molecular weight excluding hydrogens is 586 g/mol. The first kappa shape index (κ1) is 31.3. The average molecular weight is 626 g/mol. The molecule has 0 bridgehead atoms. The van der Waals surface area contributed by atoms with Crippen LogP contribution in [0.2, 0.25) is 0 Å². The summed E-state index contributed by atoms with van der Waals surface area (Å²) in [5.41, 5.74) is 1.83.